The first-order valence-electron chi connectivity index (χ1n) is 6.71. The lowest BCUT2D eigenvalue weighted by Crippen LogP contribution is -2.45. The lowest BCUT2D eigenvalue weighted by atomic mass is 10.1. The maximum Gasteiger partial charge on any atom is 0.213 e. The summed E-state index contributed by atoms with van der Waals surface area (Å²) in [6.07, 6.45) is 3.53. The molecule has 2 rings (SSSR count). The van der Waals surface area contributed by atoms with Crippen molar-refractivity contribution in [2.45, 2.75) is 32.4 Å². The van der Waals surface area contributed by atoms with E-state index in [0.717, 1.165) is 25.1 Å². The monoisotopic (exact) mass is 286 g/mol. The van der Waals surface area contributed by atoms with Crippen LogP contribution in [0.3, 0.4) is 0 Å². The lowest BCUT2D eigenvalue weighted by Gasteiger charge is -2.31. The molecule has 0 radical (unpaired) electrons. The Morgan fingerprint density at radius 3 is 2.63 bits per heavy atom. The van der Waals surface area contributed by atoms with Crippen LogP contribution >= 0.6 is 0 Å². The minimum Gasteiger partial charge on any atom is -0.308 e. The highest BCUT2D eigenvalue weighted by molar-refractivity contribution is 7.89. The van der Waals surface area contributed by atoms with Gasteiger partial charge in [-0.05, 0) is 25.8 Å². The van der Waals surface area contributed by atoms with Crippen LogP contribution in [0.15, 0.2) is 12.3 Å². The van der Waals surface area contributed by atoms with Crippen molar-refractivity contribution in [3.05, 3.63) is 18.0 Å². The first kappa shape index (κ1) is 14.5. The molecule has 1 aromatic heterocycles. The molecule has 1 saturated heterocycles. The Bertz CT molecular complexity index is 504. The molecule has 1 aromatic rings. The Morgan fingerprint density at radius 2 is 2.11 bits per heavy atom. The van der Waals surface area contributed by atoms with Gasteiger partial charge in [0.15, 0.2) is 0 Å². The van der Waals surface area contributed by atoms with E-state index in [0.29, 0.717) is 19.1 Å². The first-order valence-corrected chi connectivity index (χ1v) is 8.32. The van der Waals surface area contributed by atoms with Crippen LogP contribution in [-0.4, -0.2) is 47.4 Å². The van der Waals surface area contributed by atoms with Crippen LogP contribution in [0, 0.1) is 0 Å². The molecule has 1 N–H and O–H groups in total. The molecule has 0 bridgehead atoms. The van der Waals surface area contributed by atoms with E-state index in [1.807, 2.05) is 17.8 Å². The average Bonchev–Trinajstić information content (AvgIpc) is 2.82. The van der Waals surface area contributed by atoms with Crippen molar-refractivity contribution in [1.29, 1.82) is 0 Å². The molecule has 2 heterocycles. The molecule has 1 fully saturated rings. The largest absolute Gasteiger partial charge is 0.308 e. The minimum atomic E-state index is -3.02. The number of aromatic nitrogens is 2. The van der Waals surface area contributed by atoms with E-state index in [9.17, 15) is 8.42 Å². The molecule has 1 aliphatic heterocycles. The smallest absolute Gasteiger partial charge is 0.213 e. The first-order chi connectivity index (χ1) is 9.03. The van der Waals surface area contributed by atoms with Gasteiger partial charge in [0.05, 0.1) is 11.4 Å². The SMILES string of the molecule is CCS(=O)(=O)N1CCC(NCc2ccnn2C)CC1. The molecule has 108 valence electrons. The fourth-order valence-corrected chi connectivity index (χ4v) is 3.48. The van der Waals surface area contributed by atoms with Gasteiger partial charge in [-0.2, -0.15) is 5.10 Å². The zero-order valence-corrected chi connectivity index (χ0v) is 12.4. The fourth-order valence-electron chi connectivity index (χ4n) is 2.34. The quantitative estimate of drug-likeness (QED) is 0.847. The number of piperidine rings is 1. The molecule has 1 aliphatic rings. The summed E-state index contributed by atoms with van der Waals surface area (Å²) in [4.78, 5) is 0. The molecule has 0 saturated carbocycles. The summed E-state index contributed by atoms with van der Waals surface area (Å²) < 4.78 is 26.9. The van der Waals surface area contributed by atoms with Crippen molar-refractivity contribution in [1.82, 2.24) is 19.4 Å². The molecular formula is C12H22N4O2S. The van der Waals surface area contributed by atoms with E-state index in [1.165, 1.54) is 0 Å². The molecule has 0 aliphatic carbocycles. The molecular weight excluding hydrogens is 264 g/mol. The Morgan fingerprint density at radius 1 is 1.42 bits per heavy atom. The predicted octanol–water partition coefficient (Wildman–Crippen LogP) is 0.324. The van der Waals surface area contributed by atoms with E-state index in [2.05, 4.69) is 10.4 Å². The van der Waals surface area contributed by atoms with Crippen LogP contribution in [0.25, 0.3) is 0 Å². The topological polar surface area (TPSA) is 67.2 Å². The van der Waals surface area contributed by atoms with Crippen LogP contribution in [0.5, 0.6) is 0 Å². The summed E-state index contributed by atoms with van der Waals surface area (Å²) in [5.74, 6) is 0.195. The van der Waals surface area contributed by atoms with Gasteiger partial charge in [-0.15, -0.1) is 0 Å². The number of nitrogens with zero attached hydrogens (tertiary/aromatic N) is 3. The van der Waals surface area contributed by atoms with Crippen molar-refractivity contribution < 1.29 is 8.42 Å². The second-order valence-corrected chi connectivity index (χ2v) is 7.16. The number of aryl methyl sites for hydroxylation is 1. The van der Waals surface area contributed by atoms with Gasteiger partial charge in [-0.1, -0.05) is 0 Å². The van der Waals surface area contributed by atoms with Crippen LogP contribution in [0.4, 0.5) is 0 Å². The normalized spacial score (nSPS) is 18.8. The van der Waals surface area contributed by atoms with E-state index in [-0.39, 0.29) is 5.75 Å². The third-order valence-corrected chi connectivity index (χ3v) is 5.59. The Labute approximate surface area is 114 Å². The standard InChI is InChI=1S/C12H22N4O2S/c1-3-19(17,18)16-8-5-11(6-9-16)13-10-12-4-7-14-15(12)2/h4,7,11,13H,3,5-6,8-10H2,1-2H3. The molecule has 0 atom stereocenters. The van der Waals surface area contributed by atoms with Crippen LogP contribution in [0.2, 0.25) is 0 Å². The average molecular weight is 286 g/mol. The van der Waals surface area contributed by atoms with E-state index in [4.69, 9.17) is 0 Å². The Balaban J connectivity index is 1.80. The molecule has 19 heavy (non-hydrogen) atoms. The van der Waals surface area contributed by atoms with Gasteiger partial charge in [0.1, 0.15) is 0 Å². The molecule has 0 amide bonds. The van der Waals surface area contributed by atoms with Crippen molar-refractivity contribution in [3.63, 3.8) is 0 Å². The van der Waals surface area contributed by atoms with Crippen LogP contribution < -0.4 is 5.32 Å². The van der Waals surface area contributed by atoms with Gasteiger partial charge in [0.2, 0.25) is 10.0 Å². The lowest BCUT2D eigenvalue weighted by molar-refractivity contribution is 0.287. The van der Waals surface area contributed by atoms with E-state index >= 15 is 0 Å². The highest BCUT2D eigenvalue weighted by Gasteiger charge is 2.26. The van der Waals surface area contributed by atoms with E-state index < -0.39 is 10.0 Å². The zero-order chi connectivity index (χ0) is 13.9. The molecule has 6 nitrogen and oxygen atoms in total. The van der Waals surface area contributed by atoms with Gasteiger partial charge in [-0.25, -0.2) is 12.7 Å². The fraction of sp³-hybridized carbons (Fsp3) is 0.750. The summed E-state index contributed by atoms with van der Waals surface area (Å²) in [6, 6.07) is 2.38. The Hall–Kier alpha value is -0.920. The van der Waals surface area contributed by atoms with Gasteiger partial charge in [0, 0.05) is 38.9 Å². The highest BCUT2D eigenvalue weighted by Crippen LogP contribution is 2.14. The number of nitrogens with one attached hydrogen (secondary N) is 1. The number of hydrogen-bond donors (Lipinski definition) is 1. The second-order valence-electron chi connectivity index (χ2n) is 4.90. The molecule has 0 aromatic carbocycles. The second kappa shape index (κ2) is 6.02. The van der Waals surface area contributed by atoms with Gasteiger partial charge < -0.3 is 5.32 Å². The summed E-state index contributed by atoms with van der Waals surface area (Å²) in [5.41, 5.74) is 1.14. The van der Waals surface area contributed by atoms with Crippen molar-refractivity contribution in [2.24, 2.45) is 7.05 Å². The maximum atomic E-state index is 11.7. The number of sulfonamides is 1. The van der Waals surface area contributed by atoms with Crippen LogP contribution in [0.1, 0.15) is 25.5 Å². The van der Waals surface area contributed by atoms with Gasteiger partial charge in [-0.3, -0.25) is 4.68 Å². The van der Waals surface area contributed by atoms with E-state index in [1.54, 1.807) is 17.4 Å². The maximum absolute atomic E-state index is 11.7. The van der Waals surface area contributed by atoms with Crippen molar-refractivity contribution in [3.8, 4) is 0 Å². The summed E-state index contributed by atoms with van der Waals surface area (Å²) >= 11 is 0. The summed E-state index contributed by atoms with van der Waals surface area (Å²) in [7, 11) is -1.09. The van der Waals surface area contributed by atoms with Gasteiger partial charge >= 0.3 is 0 Å². The third-order valence-electron chi connectivity index (χ3n) is 3.71. The predicted molar refractivity (Wildman–Crippen MR) is 74.1 cm³/mol. The number of hydrogen-bond acceptors (Lipinski definition) is 4. The van der Waals surface area contributed by atoms with Crippen molar-refractivity contribution in [2.75, 3.05) is 18.8 Å². The third kappa shape index (κ3) is 3.55. The van der Waals surface area contributed by atoms with Gasteiger partial charge in [0.25, 0.3) is 0 Å². The number of rotatable bonds is 5. The molecule has 0 spiro atoms. The molecule has 7 heteroatoms. The summed E-state index contributed by atoms with van der Waals surface area (Å²) in [6.45, 7) is 3.72. The minimum absolute atomic E-state index is 0.195. The van der Waals surface area contributed by atoms with Crippen LogP contribution in [-0.2, 0) is 23.6 Å². The zero-order valence-electron chi connectivity index (χ0n) is 11.5. The van der Waals surface area contributed by atoms with Crippen molar-refractivity contribution >= 4 is 10.0 Å². The highest BCUT2D eigenvalue weighted by atomic mass is 32.2. The molecule has 0 unspecified atom stereocenters. The Kier molecular flexibility index (Phi) is 4.59. The summed E-state index contributed by atoms with van der Waals surface area (Å²) in [5, 5.41) is 7.60.